The highest BCUT2D eigenvalue weighted by molar-refractivity contribution is 7.97. The van der Waals surface area contributed by atoms with Gasteiger partial charge in [0.2, 0.25) is 5.78 Å². The van der Waals surface area contributed by atoms with E-state index >= 15 is 0 Å². The van der Waals surface area contributed by atoms with Crippen LogP contribution in [-0.2, 0) is 11.5 Å². The van der Waals surface area contributed by atoms with Gasteiger partial charge < -0.3 is 0 Å². The Hall–Kier alpha value is -1.81. The predicted octanol–water partition coefficient (Wildman–Crippen LogP) is 3.78. The Morgan fingerprint density at radius 1 is 1.05 bits per heavy atom. The number of hydrogen-bond acceptors (Lipinski definition) is 3. The lowest BCUT2D eigenvalue weighted by Crippen LogP contribution is -1.94. The van der Waals surface area contributed by atoms with Gasteiger partial charge in [0.05, 0.1) is 5.69 Å². The van der Waals surface area contributed by atoms with Crippen LogP contribution in [0.3, 0.4) is 0 Å². The normalized spacial score (nSPS) is 11.1. The second-order valence-corrected chi connectivity index (χ2v) is 5.91. The summed E-state index contributed by atoms with van der Waals surface area (Å²) >= 11 is 1.88. The van der Waals surface area contributed by atoms with Crippen molar-refractivity contribution in [1.29, 1.82) is 0 Å². The molecular weight excluding hydrogens is 266 g/mol. The molecule has 2 heterocycles. The number of hydrogen-bond donors (Lipinski definition) is 0. The number of imidazole rings is 1. The predicted molar refractivity (Wildman–Crippen MR) is 83.9 cm³/mol. The Kier molecular flexibility index (Phi) is 3.74. The molecule has 0 spiro atoms. The zero-order chi connectivity index (χ0) is 13.9. The minimum Gasteiger partial charge on any atom is -0.288 e. The molecule has 0 radical (unpaired) electrons. The van der Waals surface area contributed by atoms with Crippen molar-refractivity contribution in [3.05, 3.63) is 65.2 Å². The number of fused-ring (bicyclic) bond motifs is 1. The SMILES string of the molecule is Cc1cc(C)n2cc(CSCc3ccccc3)nc2n1. The van der Waals surface area contributed by atoms with Crippen molar-refractivity contribution in [2.45, 2.75) is 25.4 Å². The summed E-state index contributed by atoms with van der Waals surface area (Å²) in [5, 5.41) is 0. The minimum atomic E-state index is 0.804. The largest absolute Gasteiger partial charge is 0.288 e. The summed E-state index contributed by atoms with van der Waals surface area (Å²) in [4.78, 5) is 9.06. The molecule has 1 aromatic carbocycles. The first kappa shape index (κ1) is 13.2. The zero-order valence-electron chi connectivity index (χ0n) is 11.7. The maximum absolute atomic E-state index is 4.60. The summed E-state index contributed by atoms with van der Waals surface area (Å²) in [5.41, 5.74) is 4.64. The number of thioether (sulfide) groups is 1. The molecule has 0 unspecified atom stereocenters. The molecule has 3 aromatic rings. The molecule has 102 valence electrons. The molecule has 0 N–H and O–H groups in total. The van der Waals surface area contributed by atoms with Crippen molar-refractivity contribution in [3.8, 4) is 0 Å². The van der Waals surface area contributed by atoms with E-state index in [1.807, 2.05) is 24.8 Å². The van der Waals surface area contributed by atoms with Gasteiger partial charge in [-0.15, -0.1) is 0 Å². The molecule has 0 aliphatic heterocycles. The van der Waals surface area contributed by atoms with Crippen molar-refractivity contribution in [2.75, 3.05) is 0 Å². The van der Waals surface area contributed by atoms with Crippen LogP contribution in [0.4, 0.5) is 0 Å². The molecule has 4 heteroatoms. The fraction of sp³-hybridized carbons (Fsp3) is 0.250. The van der Waals surface area contributed by atoms with E-state index in [-0.39, 0.29) is 0 Å². The minimum absolute atomic E-state index is 0.804. The van der Waals surface area contributed by atoms with Crippen LogP contribution in [0.15, 0.2) is 42.6 Å². The summed E-state index contributed by atoms with van der Waals surface area (Å²) in [7, 11) is 0. The van der Waals surface area contributed by atoms with Crippen molar-refractivity contribution in [3.63, 3.8) is 0 Å². The van der Waals surface area contributed by atoms with Gasteiger partial charge in [-0.1, -0.05) is 30.3 Å². The average molecular weight is 283 g/mol. The van der Waals surface area contributed by atoms with Gasteiger partial charge in [-0.2, -0.15) is 11.8 Å². The number of nitrogens with zero attached hydrogens (tertiary/aromatic N) is 3. The summed E-state index contributed by atoms with van der Waals surface area (Å²) in [6.45, 7) is 4.09. The standard InChI is InChI=1S/C16H17N3S/c1-12-8-13(2)19-9-15(18-16(19)17-12)11-20-10-14-6-4-3-5-7-14/h3-9H,10-11H2,1-2H3. The molecule has 0 saturated heterocycles. The molecular formula is C16H17N3S. The fourth-order valence-electron chi connectivity index (χ4n) is 2.24. The van der Waals surface area contributed by atoms with Crippen LogP contribution < -0.4 is 0 Å². The number of benzene rings is 1. The van der Waals surface area contributed by atoms with E-state index in [4.69, 9.17) is 0 Å². The van der Waals surface area contributed by atoms with Crippen LogP contribution in [0.5, 0.6) is 0 Å². The average Bonchev–Trinajstić information content (AvgIpc) is 2.83. The lowest BCUT2D eigenvalue weighted by atomic mass is 10.2. The Morgan fingerprint density at radius 2 is 1.85 bits per heavy atom. The van der Waals surface area contributed by atoms with E-state index in [0.29, 0.717) is 0 Å². The third-order valence-corrected chi connectivity index (χ3v) is 4.21. The number of aryl methyl sites for hydroxylation is 2. The third-order valence-electron chi connectivity index (χ3n) is 3.17. The van der Waals surface area contributed by atoms with Gasteiger partial charge >= 0.3 is 0 Å². The molecule has 0 amide bonds. The Balaban J connectivity index is 1.70. The highest BCUT2D eigenvalue weighted by atomic mass is 32.2. The molecule has 0 bridgehead atoms. The van der Waals surface area contributed by atoms with Gasteiger partial charge in [0.25, 0.3) is 0 Å². The van der Waals surface area contributed by atoms with Gasteiger partial charge in [-0.05, 0) is 25.5 Å². The molecule has 20 heavy (non-hydrogen) atoms. The van der Waals surface area contributed by atoms with Crippen molar-refractivity contribution >= 4 is 17.5 Å². The first-order valence-corrected chi connectivity index (χ1v) is 7.82. The van der Waals surface area contributed by atoms with E-state index in [1.165, 1.54) is 11.3 Å². The van der Waals surface area contributed by atoms with Crippen molar-refractivity contribution in [1.82, 2.24) is 14.4 Å². The van der Waals surface area contributed by atoms with Gasteiger partial charge in [0.15, 0.2) is 0 Å². The highest BCUT2D eigenvalue weighted by Gasteiger charge is 2.05. The first-order chi connectivity index (χ1) is 9.72. The third kappa shape index (κ3) is 2.85. The molecule has 0 fully saturated rings. The van der Waals surface area contributed by atoms with Gasteiger partial charge in [0.1, 0.15) is 0 Å². The lowest BCUT2D eigenvalue weighted by Gasteiger charge is -1.99. The first-order valence-electron chi connectivity index (χ1n) is 6.66. The topological polar surface area (TPSA) is 30.2 Å². The second-order valence-electron chi connectivity index (χ2n) is 4.92. The van der Waals surface area contributed by atoms with E-state index in [1.54, 1.807) is 0 Å². The monoisotopic (exact) mass is 283 g/mol. The van der Waals surface area contributed by atoms with Crippen LogP contribution in [0, 0.1) is 13.8 Å². The maximum atomic E-state index is 4.60. The zero-order valence-corrected chi connectivity index (χ0v) is 12.5. The second kappa shape index (κ2) is 5.67. The smallest absolute Gasteiger partial charge is 0.234 e. The van der Waals surface area contributed by atoms with Gasteiger partial charge in [-0.3, -0.25) is 4.40 Å². The molecule has 0 saturated carbocycles. The van der Waals surface area contributed by atoms with Crippen LogP contribution in [0.25, 0.3) is 5.78 Å². The summed E-state index contributed by atoms with van der Waals surface area (Å²) in [6.07, 6.45) is 2.09. The maximum Gasteiger partial charge on any atom is 0.234 e. The van der Waals surface area contributed by atoms with Gasteiger partial charge in [-0.25, -0.2) is 9.97 Å². The van der Waals surface area contributed by atoms with E-state index in [0.717, 1.165) is 28.7 Å². The van der Waals surface area contributed by atoms with E-state index in [2.05, 4.69) is 57.8 Å². The summed E-state index contributed by atoms with van der Waals surface area (Å²) in [6, 6.07) is 12.6. The Morgan fingerprint density at radius 3 is 2.65 bits per heavy atom. The Labute approximate surface area is 123 Å². The van der Waals surface area contributed by atoms with Crippen molar-refractivity contribution in [2.24, 2.45) is 0 Å². The van der Waals surface area contributed by atoms with Crippen LogP contribution in [0.2, 0.25) is 0 Å². The van der Waals surface area contributed by atoms with Crippen LogP contribution >= 0.6 is 11.8 Å². The molecule has 3 nitrogen and oxygen atoms in total. The molecule has 2 aromatic heterocycles. The fourth-order valence-corrected chi connectivity index (χ4v) is 3.11. The van der Waals surface area contributed by atoms with E-state index in [9.17, 15) is 0 Å². The highest BCUT2D eigenvalue weighted by Crippen LogP contribution is 2.18. The van der Waals surface area contributed by atoms with Crippen LogP contribution in [0.1, 0.15) is 22.6 Å². The summed E-state index contributed by atoms with van der Waals surface area (Å²) in [5.74, 6) is 2.73. The van der Waals surface area contributed by atoms with Crippen LogP contribution in [-0.4, -0.2) is 14.4 Å². The lowest BCUT2D eigenvalue weighted by molar-refractivity contribution is 1.01. The molecule has 0 aliphatic rings. The van der Waals surface area contributed by atoms with Gasteiger partial charge in [0, 0.05) is 29.1 Å². The number of aromatic nitrogens is 3. The summed E-state index contributed by atoms with van der Waals surface area (Å²) < 4.78 is 2.06. The van der Waals surface area contributed by atoms with Crippen molar-refractivity contribution < 1.29 is 0 Å². The molecule has 3 rings (SSSR count). The number of rotatable bonds is 4. The molecule has 0 aliphatic carbocycles. The quantitative estimate of drug-likeness (QED) is 0.730. The van der Waals surface area contributed by atoms with E-state index < -0.39 is 0 Å². The Bertz CT molecular complexity index is 719. The molecule has 0 atom stereocenters.